The highest BCUT2D eigenvalue weighted by molar-refractivity contribution is 7.89. The highest BCUT2D eigenvalue weighted by atomic mass is 32.2. The molecule has 24 heavy (non-hydrogen) atoms. The molecule has 10 heteroatoms. The zero-order valence-corrected chi connectivity index (χ0v) is 14.1. The van der Waals surface area contributed by atoms with Crippen molar-refractivity contribution in [3.05, 3.63) is 47.6 Å². The largest absolute Gasteiger partial charge is 0.291 e. The van der Waals surface area contributed by atoms with Gasteiger partial charge in [-0.2, -0.15) is 0 Å². The van der Waals surface area contributed by atoms with Crippen LogP contribution in [0.15, 0.2) is 46.7 Å². The molecule has 2 aromatic heterocycles. The summed E-state index contributed by atoms with van der Waals surface area (Å²) in [6.45, 7) is 1.39. The molecule has 0 atom stereocenters. The fourth-order valence-electron chi connectivity index (χ4n) is 2.03. The molecule has 0 fully saturated rings. The predicted octanol–water partition coefficient (Wildman–Crippen LogP) is 1.73. The van der Waals surface area contributed by atoms with E-state index in [0.29, 0.717) is 11.5 Å². The van der Waals surface area contributed by atoms with Gasteiger partial charge in [0.1, 0.15) is 0 Å². The minimum Gasteiger partial charge on any atom is -0.291 e. The number of aromatic nitrogens is 3. The molecule has 3 aromatic rings. The van der Waals surface area contributed by atoms with E-state index < -0.39 is 10.0 Å². The SMILES string of the molecule is CC(=O)c1nnc(-c2cccs2)n1Nc1ccc(S(N)(=O)=O)cc1. The van der Waals surface area contributed by atoms with E-state index in [4.69, 9.17) is 5.14 Å². The Bertz CT molecular complexity index is 976. The molecule has 3 N–H and O–H groups in total. The third-order valence-electron chi connectivity index (χ3n) is 3.14. The molecular formula is C14H13N5O3S2. The summed E-state index contributed by atoms with van der Waals surface area (Å²) in [7, 11) is -3.76. The van der Waals surface area contributed by atoms with Crippen LogP contribution in [0.1, 0.15) is 17.5 Å². The number of primary sulfonamides is 1. The number of sulfonamides is 1. The first-order chi connectivity index (χ1) is 11.4. The van der Waals surface area contributed by atoms with Crippen LogP contribution in [-0.4, -0.2) is 29.1 Å². The Balaban J connectivity index is 2.00. The number of benzene rings is 1. The zero-order chi connectivity index (χ0) is 17.3. The third-order valence-corrected chi connectivity index (χ3v) is 4.94. The Labute approximate surface area is 142 Å². The summed E-state index contributed by atoms with van der Waals surface area (Å²) < 4.78 is 24.1. The Hall–Kier alpha value is -2.56. The van der Waals surface area contributed by atoms with Gasteiger partial charge in [-0.05, 0) is 35.7 Å². The summed E-state index contributed by atoms with van der Waals surface area (Å²) in [4.78, 5) is 12.6. The molecule has 124 valence electrons. The van der Waals surface area contributed by atoms with E-state index in [1.807, 2.05) is 17.5 Å². The molecule has 0 saturated carbocycles. The van der Waals surface area contributed by atoms with E-state index in [1.165, 1.54) is 35.1 Å². The number of rotatable bonds is 5. The normalized spacial score (nSPS) is 11.4. The van der Waals surface area contributed by atoms with Crippen molar-refractivity contribution in [1.82, 2.24) is 14.9 Å². The molecule has 8 nitrogen and oxygen atoms in total. The fourth-order valence-corrected chi connectivity index (χ4v) is 3.25. The first-order valence-electron chi connectivity index (χ1n) is 6.76. The van der Waals surface area contributed by atoms with E-state index in [1.54, 1.807) is 12.1 Å². The van der Waals surface area contributed by atoms with Crippen LogP contribution in [0, 0.1) is 0 Å². The second kappa shape index (κ2) is 6.15. The van der Waals surface area contributed by atoms with E-state index >= 15 is 0 Å². The number of nitrogens with one attached hydrogen (secondary N) is 1. The van der Waals surface area contributed by atoms with E-state index in [9.17, 15) is 13.2 Å². The topological polar surface area (TPSA) is 120 Å². The molecule has 0 aliphatic rings. The monoisotopic (exact) mass is 363 g/mol. The smallest absolute Gasteiger partial charge is 0.238 e. The van der Waals surface area contributed by atoms with Crippen molar-refractivity contribution in [2.24, 2.45) is 5.14 Å². The van der Waals surface area contributed by atoms with Gasteiger partial charge in [0.25, 0.3) is 0 Å². The summed E-state index contributed by atoms with van der Waals surface area (Å²) in [5, 5.41) is 14.9. The molecule has 3 rings (SSSR count). The molecule has 0 amide bonds. The maximum Gasteiger partial charge on any atom is 0.238 e. The Morgan fingerprint density at radius 3 is 2.46 bits per heavy atom. The molecule has 0 radical (unpaired) electrons. The second-order valence-electron chi connectivity index (χ2n) is 4.90. The van der Waals surface area contributed by atoms with Crippen molar-refractivity contribution in [3.8, 4) is 10.7 Å². The molecule has 0 aliphatic carbocycles. The van der Waals surface area contributed by atoms with Crippen molar-refractivity contribution in [1.29, 1.82) is 0 Å². The Morgan fingerprint density at radius 2 is 1.92 bits per heavy atom. The molecular weight excluding hydrogens is 350 g/mol. The quantitative estimate of drug-likeness (QED) is 0.666. The van der Waals surface area contributed by atoms with Crippen molar-refractivity contribution < 1.29 is 13.2 Å². The number of thiophene rings is 1. The highest BCUT2D eigenvalue weighted by Crippen LogP contribution is 2.24. The molecule has 1 aromatic carbocycles. The fraction of sp³-hybridized carbons (Fsp3) is 0.0714. The lowest BCUT2D eigenvalue weighted by Gasteiger charge is -2.11. The van der Waals surface area contributed by atoms with Crippen LogP contribution in [0.25, 0.3) is 10.7 Å². The number of anilines is 1. The number of ketones is 1. The second-order valence-corrected chi connectivity index (χ2v) is 7.41. The van der Waals surface area contributed by atoms with Crippen molar-refractivity contribution in [2.45, 2.75) is 11.8 Å². The molecule has 0 aliphatic heterocycles. The standard InChI is InChI=1S/C14H13N5O3S2/c1-9(20)13-16-17-14(12-3-2-8-23-12)19(13)18-10-4-6-11(7-5-10)24(15,21)22/h2-8,18H,1H3,(H2,15,21,22). The Kier molecular flexibility index (Phi) is 4.18. The minimum atomic E-state index is -3.76. The molecule has 2 heterocycles. The van der Waals surface area contributed by atoms with Gasteiger partial charge in [0.05, 0.1) is 15.5 Å². The molecule has 0 bridgehead atoms. The van der Waals surface area contributed by atoms with E-state index in [2.05, 4.69) is 15.6 Å². The molecule has 0 saturated heterocycles. The van der Waals surface area contributed by atoms with Gasteiger partial charge in [0, 0.05) is 6.92 Å². The van der Waals surface area contributed by atoms with Crippen LogP contribution >= 0.6 is 11.3 Å². The van der Waals surface area contributed by atoms with Gasteiger partial charge in [-0.25, -0.2) is 18.2 Å². The van der Waals surface area contributed by atoms with Crippen LogP contribution in [0.2, 0.25) is 0 Å². The number of hydrogen-bond donors (Lipinski definition) is 2. The summed E-state index contributed by atoms with van der Waals surface area (Å²) in [5.41, 5.74) is 3.57. The number of hydrogen-bond acceptors (Lipinski definition) is 7. The maximum atomic E-state index is 11.8. The van der Waals surface area contributed by atoms with Gasteiger partial charge in [0.15, 0.2) is 11.6 Å². The van der Waals surface area contributed by atoms with Gasteiger partial charge < -0.3 is 0 Å². The van der Waals surface area contributed by atoms with Gasteiger partial charge in [-0.3, -0.25) is 10.2 Å². The maximum absolute atomic E-state index is 11.8. The third kappa shape index (κ3) is 3.20. The van der Waals surface area contributed by atoms with Crippen LogP contribution < -0.4 is 10.6 Å². The van der Waals surface area contributed by atoms with Crippen molar-refractivity contribution in [2.75, 3.05) is 5.43 Å². The number of carbonyl (C=O) groups is 1. The van der Waals surface area contributed by atoms with Gasteiger partial charge >= 0.3 is 0 Å². The Morgan fingerprint density at radius 1 is 1.21 bits per heavy atom. The van der Waals surface area contributed by atoms with Crippen molar-refractivity contribution in [3.63, 3.8) is 0 Å². The van der Waals surface area contributed by atoms with E-state index in [-0.39, 0.29) is 16.5 Å². The molecule has 0 spiro atoms. The number of Topliss-reactive ketones (excluding diaryl/α,β-unsaturated/α-hetero) is 1. The lowest BCUT2D eigenvalue weighted by atomic mass is 10.3. The average molecular weight is 363 g/mol. The number of nitrogens with two attached hydrogens (primary N) is 1. The lowest BCUT2D eigenvalue weighted by Crippen LogP contribution is -2.17. The van der Waals surface area contributed by atoms with Crippen molar-refractivity contribution >= 4 is 32.8 Å². The van der Waals surface area contributed by atoms with Crippen LogP contribution in [0.5, 0.6) is 0 Å². The predicted molar refractivity (Wildman–Crippen MR) is 90.2 cm³/mol. The van der Waals surface area contributed by atoms with Gasteiger partial charge in [-0.15, -0.1) is 21.5 Å². The number of nitrogens with zero attached hydrogens (tertiary/aromatic N) is 3. The van der Waals surface area contributed by atoms with Crippen LogP contribution in [-0.2, 0) is 10.0 Å². The first kappa shape index (κ1) is 16.3. The highest BCUT2D eigenvalue weighted by Gasteiger charge is 2.18. The summed E-state index contributed by atoms with van der Waals surface area (Å²) >= 11 is 1.46. The van der Waals surface area contributed by atoms with Gasteiger partial charge in [-0.1, -0.05) is 6.07 Å². The average Bonchev–Trinajstić information content (AvgIpc) is 3.15. The van der Waals surface area contributed by atoms with E-state index in [0.717, 1.165) is 4.88 Å². The molecule has 0 unspecified atom stereocenters. The zero-order valence-electron chi connectivity index (χ0n) is 12.5. The van der Waals surface area contributed by atoms with Crippen LogP contribution in [0.3, 0.4) is 0 Å². The first-order valence-corrected chi connectivity index (χ1v) is 9.19. The van der Waals surface area contributed by atoms with Crippen LogP contribution in [0.4, 0.5) is 5.69 Å². The summed E-state index contributed by atoms with van der Waals surface area (Å²) in [5.74, 6) is 0.388. The lowest BCUT2D eigenvalue weighted by molar-refractivity contribution is 0.100. The summed E-state index contributed by atoms with van der Waals surface area (Å²) in [6, 6.07) is 9.57. The summed E-state index contributed by atoms with van der Waals surface area (Å²) in [6.07, 6.45) is 0. The van der Waals surface area contributed by atoms with Gasteiger partial charge in [0.2, 0.25) is 15.8 Å². The number of carbonyl (C=O) groups excluding carboxylic acids is 1. The minimum absolute atomic E-state index is 0.00192.